The third kappa shape index (κ3) is 1.71. The molecule has 1 heterocycles. The zero-order valence-corrected chi connectivity index (χ0v) is 9.00. The van der Waals surface area contributed by atoms with Gasteiger partial charge in [-0.3, -0.25) is 0 Å². The van der Waals surface area contributed by atoms with E-state index < -0.39 is 13.5 Å². The van der Waals surface area contributed by atoms with E-state index in [1.807, 2.05) is 0 Å². The largest absolute Gasteiger partial charge is 0.396 e. The van der Waals surface area contributed by atoms with Crippen LogP contribution in [-0.4, -0.2) is 36.4 Å². The highest BCUT2D eigenvalue weighted by atomic mass is 28.3. The van der Waals surface area contributed by atoms with Gasteiger partial charge in [0, 0.05) is 6.61 Å². The van der Waals surface area contributed by atoms with Crippen molar-refractivity contribution in [1.82, 2.24) is 0 Å². The van der Waals surface area contributed by atoms with Crippen LogP contribution in [0.3, 0.4) is 0 Å². The Bertz CT molecular complexity index is 166. The standard InChI is InChI=1S/C8H18O3Si/c1-12(2,3)8(10)7(11-8)5-4-6-9/h7,9-10H,4-6H2,1-3H3. The van der Waals surface area contributed by atoms with Gasteiger partial charge >= 0.3 is 0 Å². The summed E-state index contributed by atoms with van der Waals surface area (Å²) in [6, 6.07) is 0. The molecular weight excluding hydrogens is 172 g/mol. The van der Waals surface area contributed by atoms with Crippen LogP contribution in [0, 0.1) is 0 Å². The van der Waals surface area contributed by atoms with Crippen molar-refractivity contribution in [3.8, 4) is 0 Å². The molecule has 12 heavy (non-hydrogen) atoms. The minimum absolute atomic E-state index is 0.0173. The van der Waals surface area contributed by atoms with Crippen molar-refractivity contribution in [2.45, 2.75) is 44.0 Å². The molecule has 1 aliphatic rings. The predicted molar refractivity (Wildman–Crippen MR) is 49.5 cm³/mol. The molecule has 0 amide bonds. The Balaban J connectivity index is 2.38. The second kappa shape index (κ2) is 3.10. The predicted octanol–water partition coefficient (Wildman–Crippen LogP) is 0.724. The Morgan fingerprint density at radius 2 is 2.00 bits per heavy atom. The maximum Gasteiger partial charge on any atom is 0.174 e. The molecule has 2 N–H and O–H groups in total. The summed E-state index contributed by atoms with van der Waals surface area (Å²) in [5, 5.41) is 18.5. The maximum atomic E-state index is 9.91. The summed E-state index contributed by atoms with van der Waals surface area (Å²) in [6.45, 7) is 6.45. The normalized spacial score (nSPS) is 35.2. The fourth-order valence-electron chi connectivity index (χ4n) is 1.37. The molecule has 0 spiro atoms. The number of hydrogen-bond donors (Lipinski definition) is 2. The number of aliphatic hydroxyl groups is 2. The second-order valence-electron chi connectivity index (χ2n) is 4.42. The van der Waals surface area contributed by atoms with Crippen molar-refractivity contribution in [3.63, 3.8) is 0 Å². The van der Waals surface area contributed by atoms with Gasteiger partial charge in [0.05, 0.1) is 0 Å². The third-order valence-electron chi connectivity index (χ3n) is 2.40. The number of hydrogen-bond acceptors (Lipinski definition) is 3. The zero-order chi connectivity index (χ0) is 9.41. The Hall–Kier alpha value is 0.0969. The lowest BCUT2D eigenvalue weighted by molar-refractivity contribution is 0.104. The van der Waals surface area contributed by atoms with Crippen LogP contribution in [0.4, 0.5) is 0 Å². The fraction of sp³-hybridized carbons (Fsp3) is 1.00. The third-order valence-corrected chi connectivity index (χ3v) is 4.99. The molecule has 0 aromatic carbocycles. The van der Waals surface area contributed by atoms with Crippen LogP contribution in [0.15, 0.2) is 0 Å². The molecule has 0 aromatic rings. The molecule has 4 heteroatoms. The number of rotatable bonds is 4. The minimum atomic E-state index is -1.61. The van der Waals surface area contributed by atoms with E-state index in [1.54, 1.807) is 0 Å². The molecule has 1 aliphatic heterocycles. The lowest BCUT2D eigenvalue weighted by Gasteiger charge is -2.20. The van der Waals surface area contributed by atoms with Gasteiger partial charge in [-0.05, 0) is 12.8 Å². The van der Waals surface area contributed by atoms with Crippen LogP contribution in [0.25, 0.3) is 0 Å². The monoisotopic (exact) mass is 190 g/mol. The van der Waals surface area contributed by atoms with Gasteiger partial charge in [-0.15, -0.1) is 0 Å². The Morgan fingerprint density at radius 3 is 2.33 bits per heavy atom. The molecule has 0 aliphatic carbocycles. The highest BCUT2D eigenvalue weighted by molar-refractivity contribution is 6.79. The van der Waals surface area contributed by atoms with Crippen LogP contribution in [-0.2, 0) is 4.74 Å². The highest BCUT2D eigenvalue weighted by Gasteiger charge is 2.62. The lowest BCUT2D eigenvalue weighted by Crippen LogP contribution is -2.43. The Kier molecular flexibility index (Phi) is 2.63. The summed E-state index contributed by atoms with van der Waals surface area (Å²) in [5.41, 5.74) is -0.817. The van der Waals surface area contributed by atoms with Crippen molar-refractivity contribution >= 4 is 8.07 Å². The Morgan fingerprint density at radius 1 is 1.42 bits per heavy atom. The average molecular weight is 190 g/mol. The van der Waals surface area contributed by atoms with Gasteiger partial charge in [-0.2, -0.15) is 0 Å². The first-order valence-corrected chi connectivity index (χ1v) is 7.93. The highest BCUT2D eigenvalue weighted by Crippen LogP contribution is 2.43. The van der Waals surface area contributed by atoms with Crippen molar-refractivity contribution in [2.75, 3.05) is 6.61 Å². The summed E-state index contributed by atoms with van der Waals surface area (Å²) in [5.74, 6) is 0. The summed E-state index contributed by atoms with van der Waals surface area (Å²) >= 11 is 0. The summed E-state index contributed by atoms with van der Waals surface area (Å²) in [7, 11) is -1.61. The van der Waals surface area contributed by atoms with Crippen LogP contribution in [0.5, 0.6) is 0 Å². The van der Waals surface area contributed by atoms with E-state index in [0.29, 0.717) is 0 Å². The van der Waals surface area contributed by atoms with E-state index in [2.05, 4.69) is 19.6 Å². The lowest BCUT2D eigenvalue weighted by atomic mass is 10.2. The average Bonchev–Trinajstić information content (AvgIpc) is 2.58. The van der Waals surface area contributed by atoms with Crippen LogP contribution in [0.2, 0.25) is 19.6 Å². The topological polar surface area (TPSA) is 53.0 Å². The van der Waals surface area contributed by atoms with Gasteiger partial charge < -0.3 is 14.9 Å². The first-order chi connectivity index (χ1) is 5.42. The second-order valence-corrected chi connectivity index (χ2v) is 9.64. The molecule has 2 unspecified atom stereocenters. The first-order valence-electron chi connectivity index (χ1n) is 4.43. The minimum Gasteiger partial charge on any atom is -0.396 e. The molecule has 3 nitrogen and oxygen atoms in total. The quantitative estimate of drug-likeness (QED) is 0.507. The molecular formula is C8H18O3Si. The molecule has 0 saturated carbocycles. The molecule has 72 valence electrons. The van der Waals surface area contributed by atoms with Gasteiger partial charge in [0.1, 0.15) is 14.2 Å². The van der Waals surface area contributed by atoms with Crippen molar-refractivity contribution in [1.29, 1.82) is 0 Å². The van der Waals surface area contributed by atoms with Crippen molar-refractivity contribution in [3.05, 3.63) is 0 Å². The van der Waals surface area contributed by atoms with Gasteiger partial charge in [-0.25, -0.2) is 0 Å². The van der Waals surface area contributed by atoms with Gasteiger partial charge in [0.15, 0.2) is 5.41 Å². The maximum absolute atomic E-state index is 9.91. The number of ether oxygens (including phenoxy) is 1. The Labute approximate surface area is 74.4 Å². The molecule has 0 radical (unpaired) electrons. The fourth-order valence-corrected chi connectivity index (χ4v) is 2.98. The molecule has 0 aromatic heterocycles. The number of epoxide rings is 1. The van der Waals surface area contributed by atoms with Gasteiger partial charge in [-0.1, -0.05) is 19.6 Å². The van der Waals surface area contributed by atoms with Gasteiger partial charge in [0.2, 0.25) is 0 Å². The van der Waals surface area contributed by atoms with E-state index in [9.17, 15) is 5.11 Å². The summed E-state index contributed by atoms with van der Waals surface area (Å²) in [4.78, 5) is 0. The zero-order valence-electron chi connectivity index (χ0n) is 8.00. The molecule has 2 atom stereocenters. The summed E-state index contributed by atoms with van der Waals surface area (Å²) < 4.78 is 5.28. The van der Waals surface area contributed by atoms with E-state index in [1.165, 1.54) is 0 Å². The smallest absolute Gasteiger partial charge is 0.174 e. The summed E-state index contributed by atoms with van der Waals surface area (Å²) in [6.07, 6.45) is 1.48. The molecule has 1 fully saturated rings. The van der Waals surface area contributed by atoms with Gasteiger partial charge in [0.25, 0.3) is 0 Å². The SMILES string of the molecule is C[Si](C)(C)C1(O)OC1CCCO. The van der Waals surface area contributed by atoms with Crippen molar-refractivity contribution < 1.29 is 14.9 Å². The van der Waals surface area contributed by atoms with Crippen LogP contribution < -0.4 is 0 Å². The van der Waals surface area contributed by atoms with E-state index in [0.717, 1.165) is 12.8 Å². The van der Waals surface area contributed by atoms with E-state index in [4.69, 9.17) is 9.84 Å². The number of aliphatic hydroxyl groups excluding tert-OH is 1. The van der Waals surface area contributed by atoms with Crippen LogP contribution in [0.1, 0.15) is 12.8 Å². The molecule has 1 saturated heterocycles. The van der Waals surface area contributed by atoms with Crippen molar-refractivity contribution in [2.24, 2.45) is 0 Å². The first kappa shape index (κ1) is 10.2. The van der Waals surface area contributed by atoms with E-state index in [-0.39, 0.29) is 12.7 Å². The van der Waals surface area contributed by atoms with E-state index >= 15 is 0 Å². The molecule has 0 bridgehead atoms. The van der Waals surface area contributed by atoms with Crippen LogP contribution >= 0.6 is 0 Å². The molecule has 1 rings (SSSR count).